The second kappa shape index (κ2) is 7.41. The molecule has 29 heavy (non-hydrogen) atoms. The number of methoxy groups -OCH3 is 1. The maximum atomic E-state index is 13.1. The fraction of sp³-hybridized carbons (Fsp3) is 0.222. The highest BCUT2D eigenvalue weighted by Gasteiger charge is 2.33. The molecule has 0 bridgehead atoms. The van der Waals surface area contributed by atoms with Crippen LogP contribution < -0.4 is 21.3 Å². The number of aromatic nitrogens is 3. The van der Waals surface area contributed by atoms with Gasteiger partial charge in [0.15, 0.2) is 5.65 Å². The molecule has 1 aromatic carbocycles. The zero-order valence-electron chi connectivity index (χ0n) is 15.3. The number of pyridine rings is 1. The van der Waals surface area contributed by atoms with Crippen LogP contribution in [0.5, 0.6) is 5.75 Å². The molecule has 0 atom stereocenters. The van der Waals surface area contributed by atoms with Crippen LogP contribution in [0.25, 0.3) is 11.0 Å². The molecule has 2 heterocycles. The molecule has 0 radical (unpaired) electrons. The Labute approximate surface area is 161 Å². The number of hydrogen-bond acceptors (Lipinski definition) is 5. The summed E-state index contributed by atoms with van der Waals surface area (Å²) in [6.45, 7) is -0.786. The third kappa shape index (κ3) is 3.71. The predicted octanol–water partition coefficient (Wildman–Crippen LogP) is 1.76. The van der Waals surface area contributed by atoms with E-state index in [-0.39, 0.29) is 16.8 Å². The SMILES string of the molecule is COc1ccnc2c1c(=O)n(CC(=O)Nc1ccccc1C(F)(F)F)c(=O)n2C. The molecule has 0 aliphatic rings. The van der Waals surface area contributed by atoms with E-state index >= 15 is 0 Å². The van der Waals surface area contributed by atoms with Gasteiger partial charge in [-0.05, 0) is 18.2 Å². The number of benzene rings is 1. The number of anilines is 1. The normalized spacial score (nSPS) is 11.5. The van der Waals surface area contributed by atoms with Crippen molar-refractivity contribution in [2.45, 2.75) is 12.7 Å². The van der Waals surface area contributed by atoms with Gasteiger partial charge < -0.3 is 10.1 Å². The Hall–Kier alpha value is -3.63. The average molecular weight is 408 g/mol. The molecular formula is C18H15F3N4O4. The van der Waals surface area contributed by atoms with Gasteiger partial charge in [-0.3, -0.25) is 14.2 Å². The molecule has 0 unspecified atom stereocenters. The van der Waals surface area contributed by atoms with E-state index in [2.05, 4.69) is 10.3 Å². The Morgan fingerprint density at radius 3 is 2.55 bits per heavy atom. The molecule has 11 heteroatoms. The van der Waals surface area contributed by atoms with Crippen molar-refractivity contribution in [2.24, 2.45) is 7.05 Å². The van der Waals surface area contributed by atoms with Gasteiger partial charge in [-0.2, -0.15) is 13.2 Å². The Balaban J connectivity index is 2.03. The summed E-state index contributed by atoms with van der Waals surface area (Å²) in [5, 5.41) is 2.08. The largest absolute Gasteiger partial charge is 0.496 e. The van der Waals surface area contributed by atoms with Crippen molar-refractivity contribution in [2.75, 3.05) is 12.4 Å². The zero-order chi connectivity index (χ0) is 21.3. The molecule has 3 aromatic rings. The first kappa shape index (κ1) is 20.1. The number of para-hydroxylation sites is 1. The summed E-state index contributed by atoms with van der Waals surface area (Å²) in [6, 6.07) is 5.81. The monoisotopic (exact) mass is 408 g/mol. The Morgan fingerprint density at radius 1 is 1.21 bits per heavy atom. The van der Waals surface area contributed by atoms with Crippen LogP contribution in [0.4, 0.5) is 18.9 Å². The van der Waals surface area contributed by atoms with Crippen LogP contribution in [-0.2, 0) is 24.6 Å². The average Bonchev–Trinajstić information content (AvgIpc) is 2.68. The molecule has 0 fully saturated rings. The van der Waals surface area contributed by atoms with Crippen LogP contribution in [0.1, 0.15) is 5.56 Å². The Bertz CT molecular complexity index is 1210. The number of nitrogens with one attached hydrogen (secondary N) is 1. The molecule has 0 spiro atoms. The van der Waals surface area contributed by atoms with Gasteiger partial charge in [0, 0.05) is 13.2 Å². The van der Waals surface area contributed by atoms with Crippen molar-refractivity contribution >= 4 is 22.6 Å². The molecule has 0 saturated heterocycles. The van der Waals surface area contributed by atoms with E-state index in [1.165, 1.54) is 38.6 Å². The van der Waals surface area contributed by atoms with Gasteiger partial charge in [0.25, 0.3) is 5.56 Å². The number of ether oxygens (including phenoxy) is 1. The van der Waals surface area contributed by atoms with E-state index in [4.69, 9.17) is 4.74 Å². The first-order valence-corrected chi connectivity index (χ1v) is 8.23. The number of fused-ring (bicyclic) bond motifs is 1. The number of nitrogens with zero attached hydrogens (tertiary/aromatic N) is 3. The number of aryl methyl sites for hydroxylation is 1. The molecule has 8 nitrogen and oxygen atoms in total. The molecule has 0 aliphatic carbocycles. The van der Waals surface area contributed by atoms with Crippen molar-refractivity contribution in [3.8, 4) is 5.75 Å². The maximum Gasteiger partial charge on any atom is 0.418 e. The highest BCUT2D eigenvalue weighted by atomic mass is 19.4. The smallest absolute Gasteiger partial charge is 0.418 e. The highest BCUT2D eigenvalue weighted by molar-refractivity contribution is 5.91. The molecule has 152 valence electrons. The summed E-state index contributed by atoms with van der Waals surface area (Å²) < 4.78 is 46.0. The second-order valence-electron chi connectivity index (χ2n) is 6.04. The van der Waals surface area contributed by atoms with Crippen molar-refractivity contribution < 1.29 is 22.7 Å². The third-order valence-corrected chi connectivity index (χ3v) is 4.22. The molecule has 3 rings (SSSR count). The Morgan fingerprint density at radius 2 is 1.90 bits per heavy atom. The van der Waals surface area contributed by atoms with E-state index in [0.29, 0.717) is 4.57 Å². The van der Waals surface area contributed by atoms with Gasteiger partial charge in [0.05, 0.1) is 18.4 Å². The van der Waals surface area contributed by atoms with E-state index in [0.717, 1.165) is 16.7 Å². The van der Waals surface area contributed by atoms with Gasteiger partial charge in [0.2, 0.25) is 5.91 Å². The first-order chi connectivity index (χ1) is 13.6. The summed E-state index contributed by atoms with van der Waals surface area (Å²) in [7, 11) is 2.67. The number of amides is 1. The number of carbonyl (C=O) groups excluding carboxylic acids is 1. The molecule has 0 saturated carbocycles. The lowest BCUT2D eigenvalue weighted by atomic mass is 10.1. The molecule has 1 amide bonds. The lowest BCUT2D eigenvalue weighted by molar-refractivity contribution is -0.137. The molecule has 2 aromatic heterocycles. The fourth-order valence-corrected chi connectivity index (χ4v) is 2.86. The van der Waals surface area contributed by atoms with Gasteiger partial charge in [0.1, 0.15) is 17.7 Å². The third-order valence-electron chi connectivity index (χ3n) is 4.22. The first-order valence-electron chi connectivity index (χ1n) is 8.23. The summed E-state index contributed by atoms with van der Waals surface area (Å²) in [5.41, 5.74) is -3.15. The lowest BCUT2D eigenvalue weighted by Crippen LogP contribution is -2.42. The standard InChI is InChI=1S/C18H15F3N4O4/c1-24-15-14(12(29-2)7-8-22-15)16(27)25(17(24)28)9-13(26)23-11-6-4-3-5-10(11)18(19,20)21/h3-8H,9H2,1-2H3,(H,23,26). The number of rotatable bonds is 4. The quantitative estimate of drug-likeness (QED) is 0.710. The number of carbonyl (C=O) groups is 1. The summed E-state index contributed by atoms with van der Waals surface area (Å²) in [4.78, 5) is 41.6. The van der Waals surface area contributed by atoms with Crippen LogP contribution in [0, 0.1) is 0 Å². The minimum atomic E-state index is -4.68. The van der Waals surface area contributed by atoms with Crippen LogP contribution in [0.2, 0.25) is 0 Å². The summed E-state index contributed by atoms with van der Waals surface area (Å²) in [5.74, 6) is -0.824. The van der Waals surface area contributed by atoms with Crippen LogP contribution >= 0.6 is 0 Å². The topological polar surface area (TPSA) is 95.2 Å². The second-order valence-corrected chi connectivity index (χ2v) is 6.04. The van der Waals surface area contributed by atoms with Crippen LogP contribution in [0.3, 0.4) is 0 Å². The molecular weight excluding hydrogens is 393 g/mol. The zero-order valence-corrected chi connectivity index (χ0v) is 15.3. The maximum absolute atomic E-state index is 13.1. The van der Waals surface area contributed by atoms with Gasteiger partial charge in [-0.25, -0.2) is 14.3 Å². The van der Waals surface area contributed by atoms with Crippen molar-refractivity contribution in [3.63, 3.8) is 0 Å². The highest BCUT2D eigenvalue weighted by Crippen LogP contribution is 2.34. The summed E-state index contributed by atoms with van der Waals surface area (Å²) >= 11 is 0. The van der Waals surface area contributed by atoms with Gasteiger partial charge >= 0.3 is 11.9 Å². The number of hydrogen-bond donors (Lipinski definition) is 1. The van der Waals surface area contributed by atoms with E-state index in [1.807, 2.05) is 0 Å². The van der Waals surface area contributed by atoms with Crippen LogP contribution in [-0.4, -0.2) is 27.1 Å². The number of halogens is 3. The Kier molecular flexibility index (Phi) is 5.14. The minimum Gasteiger partial charge on any atom is -0.496 e. The lowest BCUT2D eigenvalue weighted by Gasteiger charge is -2.15. The van der Waals surface area contributed by atoms with E-state index in [9.17, 15) is 27.6 Å². The van der Waals surface area contributed by atoms with E-state index < -0.39 is 41.1 Å². The van der Waals surface area contributed by atoms with Gasteiger partial charge in [-0.1, -0.05) is 12.1 Å². The van der Waals surface area contributed by atoms with Crippen molar-refractivity contribution in [3.05, 3.63) is 62.9 Å². The van der Waals surface area contributed by atoms with Crippen molar-refractivity contribution in [1.82, 2.24) is 14.1 Å². The number of alkyl halides is 3. The summed E-state index contributed by atoms with van der Waals surface area (Å²) in [6.07, 6.45) is -3.33. The minimum absolute atomic E-state index is 0.0272. The van der Waals surface area contributed by atoms with Crippen molar-refractivity contribution in [1.29, 1.82) is 0 Å². The van der Waals surface area contributed by atoms with Gasteiger partial charge in [-0.15, -0.1) is 0 Å². The molecule has 0 aliphatic heterocycles. The van der Waals surface area contributed by atoms with E-state index in [1.54, 1.807) is 0 Å². The predicted molar refractivity (Wildman–Crippen MR) is 97.9 cm³/mol. The van der Waals surface area contributed by atoms with Crippen LogP contribution in [0.15, 0.2) is 46.1 Å². The molecule has 1 N–H and O–H groups in total. The fourth-order valence-electron chi connectivity index (χ4n) is 2.86.